The molecule has 3 nitrogen and oxygen atoms in total. The van der Waals surface area contributed by atoms with E-state index in [0.717, 1.165) is 67.2 Å². The van der Waals surface area contributed by atoms with Crippen LogP contribution in [-0.4, -0.2) is 0 Å². The van der Waals surface area contributed by atoms with E-state index in [4.69, 9.17) is 4.42 Å². The van der Waals surface area contributed by atoms with Gasteiger partial charge in [0, 0.05) is 44.6 Å². The summed E-state index contributed by atoms with van der Waals surface area (Å²) in [5.41, 5.74) is 27.5. The molecule has 79 heavy (non-hydrogen) atoms. The molecule has 0 saturated carbocycles. The lowest BCUT2D eigenvalue weighted by Crippen LogP contribution is -2.26. The van der Waals surface area contributed by atoms with E-state index in [2.05, 4.69) is 303 Å². The van der Waals surface area contributed by atoms with Crippen LogP contribution in [-0.2, 0) is 10.8 Å². The molecule has 0 aliphatic heterocycles. The monoisotopic (exact) mass is 1010 g/mol. The van der Waals surface area contributed by atoms with E-state index in [1.165, 1.54) is 77.9 Å². The van der Waals surface area contributed by atoms with Crippen LogP contribution in [0.25, 0.3) is 77.6 Å². The van der Waals surface area contributed by atoms with Crippen LogP contribution >= 0.6 is 0 Å². The van der Waals surface area contributed by atoms with E-state index < -0.39 is 5.41 Å². The fourth-order valence-corrected chi connectivity index (χ4v) is 14.0. The molecule has 0 fully saturated rings. The van der Waals surface area contributed by atoms with E-state index in [9.17, 15) is 0 Å². The van der Waals surface area contributed by atoms with E-state index in [1.54, 1.807) is 0 Å². The minimum Gasteiger partial charge on any atom is -0.454 e. The van der Waals surface area contributed by atoms with Crippen LogP contribution in [0.15, 0.2) is 283 Å². The Morgan fingerprint density at radius 1 is 0.291 bits per heavy atom. The van der Waals surface area contributed by atoms with Crippen molar-refractivity contribution in [1.82, 2.24) is 0 Å². The summed E-state index contributed by atoms with van der Waals surface area (Å²) in [6.07, 6.45) is 0. The zero-order valence-corrected chi connectivity index (χ0v) is 43.9. The van der Waals surface area contributed by atoms with Gasteiger partial charge in [0.2, 0.25) is 0 Å². The third-order valence-electron chi connectivity index (χ3n) is 17.4. The minimum absolute atomic E-state index is 0.142. The number of hydrogen-bond acceptors (Lipinski definition) is 3. The quantitative estimate of drug-likeness (QED) is 0.151. The average molecular weight is 1010 g/mol. The summed E-state index contributed by atoms with van der Waals surface area (Å²) in [6.45, 7) is 4.78. The Kier molecular flexibility index (Phi) is 9.90. The second-order valence-corrected chi connectivity index (χ2v) is 21.9. The van der Waals surface area contributed by atoms with Gasteiger partial charge in [-0.05, 0) is 156 Å². The van der Waals surface area contributed by atoms with Gasteiger partial charge in [-0.25, -0.2) is 0 Å². The summed E-state index contributed by atoms with van der Waals surface area (Å²) in [5.74, 6) is 0. The number of fused-ring (bicyclic) bond motifs is 17. The molecular formula is C76H52N2O. The predicted molar refractivity (Wildman–Crippen MR) is 328 cm³/mol. The fourth-order valence-electron chi connectivity index (χ4n) is 14.0. The van der Waals surface area contributed by atoms with E-state index in [1.807, 2.05) is 0 Å². The molecule has 0 bridgehead atoms. The van der Waals surface area contributed by atoms with Crippen molar-refractivity contribution in [3.63, 3.8) is 0 Å². The summed E-state index contributed by atoms with van der Waals surface area (Å²) < 4.78 is 7.05. The molecule has 13 aromatic rings. The van der Waals surface area contributed by atoms with Crippen molar-refractivity contribution in [3.05, 3.63) is 312 Å². The van der Waals surface area contributed by atoms with Crippen LogP contribution in [0.4, 0.5) is 34.1 Å². The van der Waals surface area contributed by atoms with Crippen molar-refractivity contribution in [2.24, 2.45) is 0 Å². The van der Waals surface area contributed by atoms with Crippen LogP contribution in [0.1, 0.15) is 47.2 Å². The smallest absolute Gasteiger partial charge is 0.159 e. The molecule has 3 aliphatic carbocycles. The van der Waals surface area contributed by atoms with Gasteiger partial charge >= 0.3 is 0 Å². The number of nitrogens with zero attached hydrogens (tertiary/aromatic N) is 2. The van der Waals surface area contributed by atoms with Gasteiger partial charge < -0.3 is 14.2 Å². The van der Waals surface area contributed by atoms with Gasteiger partial charge in [0.1, 0.15) is 5.58 Å². The second-order valence-electron chi connectivity index (χ2n) is 21.9. The Morgan fingerprint density at radius 3 is 1.53 bits per heavy atom. The number of rotatable bonds is 8. The zero-order valence-electron chi connectivity index (χ0n) is 43.9. The van der Waals surface area contributed by atoms with Crippen molar-refractivity contribution in [2.45, 2.75) is 24.7 Å². The molecule has 1 aromatic heterocycles. The first-order valence-corrected chi connectivity index (χ1v) is 27.5. The summed E-state index contributed by atoms with van der Waals surface area (Å²) in [7, 11) is 0. The third-order valence-corrected chi connectivity index (χ3v) is 17.4. The molecule has 3 aliphatic rings. The van der Waals surface area contributed by atoms with E-state index in [0.29, 0.717) is 0 Å². The molecule has 0 N–H and O–H groups in total. The van der Waals surface area contributed by atoms with Crippen LogP contribution < -0.4 is 9.80 Å². The van der Waals surface area contributed by atoms with E-state index >= 15 is 0 Å². The molecule has 12 aromatic carbocycles. The summed E-state index contributed by atoms with van der Waals surface area (Å²) in [4.78, 5) is 4.85. The maximum absolute atomic E-state index is 7.05. The largest absolute Gasteiger partial charge is 0.454 e. The van der Waals surface area contributed by atoms with Gasteiger partial charge in [0.15, 0.2) is 5.58 Å². The van der Waals surface area contributed by atoms with Crippen molar-refractivity contribution in [3.8, 4) is 55.6 Å². The molecule has 3 heteroatoms. The molecule has 0 amide bonds. The molecule has 1 unspecified atom stereocenters. The molecule has 0 saturated heterocycles. The number of anilines is 6. The molecule has 1 spiro atoms. The fraction of sp³-hybridized carbons (Fsp3) is 0.0526. The third kappa shape index (κ3) is 6.60. The Labute approximate surface area is 460 Å². The van der Waals surface area contributed by atoms with E-state index in [-0.39, 0.29) is 5.41 Å². The topological polar surface area (TPSA) is 19.6 Å². The number of hydrogen-bond donors (Lipinski definition) is 0. The molecule has 16 rings (SSSR count). The van der Waals surface area contributed by atoms with Crippen LogP contribution in [0.3, 0.4) is 0 Å². The minimum atomic E-state index is -0.603. The molecule has 0 radical (unpaired) electrons. The molecular weight excluding hydrogens is 957 g/mol. The normalized spacial score (nSPS) is 14.9. The maximum atomic E-state index is 7.05. The van der Waals surface area contributed by atoms with Crippen LogP contribution in [0, 0.1) is 0 Å². The first-order valence-electron chi connectivity index (χ1n) is 27.5. The average Bonchev–Trinajstić information content (AvgIpc) is 2.88. The lowest BCUT2D eigenvalue weighted by molar-refractivity contribution is 0.660. The highest BCUT2D eigenvalue weighted by Gasteiger charge is 2.54. The van der Waals surface area contributed by atoms with Gasteiger partial charge in [0.05, 0.1) is 11.1 Å². The lowest BCUT2D eigenvalue weighted by Gasteiger charge is -2.33. The highest BCUT2D eigenvalue weighted by molar-refractivity contribution is 6.11. The van der Waals surface area contributed by atoms with Crippen LogP contribution in [0.5, 0.6) is 0 Å². The molecule has 1 atom stereocenters. The number of benzene rings is 12. The zero-order chi connectivity index (χ0) is 52.4. The van der Waals surface area contributed by atoms with Gasteiger partial charge in [-0.15, -0.1) is 0 Å². The second kappa shape index (κ2) is 17.3. The first kappa shape index (κ1) is 45.3. The maximum Gasteiger partial charge on any atom is 0.159 e. The van der Waals surface area contributed by atoms with Gasteiger partial charge in [-0.2, -0.15) is 0 Å². The Hall–Kier alpha value is -9.96. The molecule has 1 heterocycles. The lowest BCUT2D eigenvalue weighted by atomic mass is 9.70. The summed E-state index contributed by atoms with van der Waals surface area (Å²) in [5, 5.41) is 2.16. The molecule has 372 valence electrons. The summed E-state index contributed by atoms with van der Waals surface area (Å²) in [6, 6.07) is 103. The van der Waals surface area contributed by atoms with Crippen molar-refractivity contribution < 1.29 is 4.42 Å². The number of para-hydroxylation sites is 3. The van der Waals surface area contributed by atoms with Crippen molar-refractivity contribution in [1.29, 1.82) is 0 Å². The van der Waals surface area contributed by atoms with Gasteiger partial charge in [-0.3, -0.25) is 0 Å². The Morgan fingerprint density at radius 2 is 0.797 bits per heavy atom. The summed E-state index contributed by atoms with van der Waals surface area (Å²) >= 11 is 0. The SMILES string of the molecule is CC1(C)c2ccccc2-c2c1ccc1c2-c2ccccc2C12c1ccccc1-c1ccc(N(c3cc(-c4ccccc4)cc(N(c4ccccc4)c4ccc(-c5ccccc5)cc4)c3)c3cccc4c3oc3ccccc34)cc12. The Balaban J connectivity index is 0.975. The Bertz CT molecular complexity index is 4570. The van der Waals surface area contributed by atoms with Gasteiger partial charge in [-0.1, -0.05) is 226 Å². The standard InChI is InChI=1S/C76H52N2O/c1-75(2)64-32-16-13-29-62(64)72-67(75)43-44-68-73(72)63-30-14-18-34-66(63)76(68)65-33-17-12-27-58(65)59-42-41-55(48-69(59)76)78(70-35-20-31-61-60-28-15-19-36-71(60)79-74(61)70)57-46-52(50-23-8-4-9-24-50)45-56(47-57)77(53-25-10-5-11-26-53)54-39-37-51(38-40-54)49-21-6-3-7-22-49/h3-48H,1-2H3. The highest BCUT2D eigenvalue weighted by Crippen LogP contribution is 2.67. The first-order chi connectivity index (χ1) is 38.9. The van der Waals surface area contributed by atoms with Crippen molar-refractivity contribution in [2.75, 3.05) is 9.80 Å². The van der Waals surface area contributed by atoms with Gasteiger partial charge in [0.25, 0.3) is 0 Å². The number of furan rings is 1. The van der Waals surface area contributed by atoms with Crippen molar-refractivity contribution >= 4 is 56.1 Å². The van der Waals surface area contributed by atoms with Crippen LogP contribution in [0.2, 0.25) is 0 Å². The highest BCUT2D eigenvalue weighted by atomic mass is 16.3. The predicted octanol–water partition coefficient (Wildman–Crippen LogP) is 20.5.